The molecule has 1 N–H and O–H groups in total. The van der Waals surface area contributed by atoms with E-state index in [1.165, 1.54) is 0 Å². The van der Waals surface area contributed by atoms with Crippen molar-refractivity contribution in [2.75, 3.05) is 13.7 Å². The van der Waals surface area contributed by atoms with Crippen molar-refractivity contribution in [3.05, 3.63) is 29.8 Å². The van der Waals surface area contributed by atoms with Gasteiger partial charge in [0.15, 0.2) is 0 Å². The molecule has 0 saturated heterocycles. The van der Waals surface area contributed by atoms with E-state index in [0.29, 0.717) is 13.1 Å². The molecule has 100 valence electrons. The van der Waals surface area contributed by atoms with Crippen molar-refractivity contribution in [2.45, 2.75) is 32.9 Å². The second kappa shape index (κ2) is 5.87. The number of methoxy groups -OCH3 is 1. The van der Waals surface area contributed by atoms with Crippen LogP contribution in [0.2, 0.25) is 0 Å². The van der Waals surface area contributed by atoms with Crippen molar-refractivity contribution in [2.24, 2.45) is 0 Å². The SMILES string of the molecule is CCN(Cc1ccccc1OC)C(C)(C)C(=O)O. The van der Waals surface area contributed by atoms with Crippen LogP contribution < -0.4 is 4.74 Å². The summed E-state index contributed by atoms with van der Waals surface area (Å²) in [6, 6.07) is 7.68. The number of carboxylic acid groups (broad SMARTS) is 1. The van der Waals surface area contributed by atoms with E-state index in [0.717, 1.165) is 11.3 Å². The van der Waals surface area contributed by atoms with Crippen LogP contribution in [0.1, 0.15) is 26.3 Å². The van der Waals surface area contributed by atoms with Gasteiger partial charge < -0.3 is 9.84 Å². The molecule has 0 radical (unpaired) electrons. The van der Waals surface area contributed by atoms with E-state index in [2.05, 4.69) is 0 Å². The minimum absolute atomic E-state index is 0.555. The third-order valence-corrected chi connectivity index (χ3v) is 3.25. The van der Waals surface area contributed by atoms with Gasteiger partial charge in [0, 0.05) is 12.1 Å². The maximum atomic E-state index is 11.3. The minimum atomic E-state index is -0.893. The minimum Gasteiger partial charge on any atom is -0.496 e. The van der Waals surface area contributed by atoms with Crippen LogP contribution in [0.25, 0.3) is 0 Å². The average molecular weight is 251 g/mol. The lowest BCUT2D eigenvalue weighted by Gasteiger charge is -2.34. The zero-order chi connectivity index (χ0) is 13.8. The van der Waals surface area contributed by atoms with Gasteiger partial charge in [-0.05, 0) is 26.5 Å². The van der Waals surface area contributed by atoms with Crippen LogP contribution in [0.4, 0.5) is 0 Å². The molecule has 0 fully saturated rings. The summed E-state index contributed by atoms with van der Waals surface area (Å²) in [5.74, 6) is -0.0311. The number of nitrogens with zero attached hydrogens (tertiary/aromatic N) is 1. The standard InChI is InChI=1S/C14H21NO3/c1-5-15(14(2,3)13(16)17)10-11-8-6-7-9-12(11)18-4/h6-9H,5,10H2,1-4H3,(H,16,17). The van der Waals surface area contributed by atoms with Crippen LogP contribution >= 0.6 is 0 Å². The zero-order valence-electron chi connectivity index (χ0n) is 11.4. The fourth-order valence-corrected chi connectivity index (χ4v) is 1.88. The van der Waals surface area contributed by atoms with Crippen LogP contribution in [0, 0.1) is 0 Å². The van der Waals surface area contributed by atoms with Crippen LogP contribution in [-0.2, 0) is 11.3 Å². The first-order valence-corrected chi connectivity index (χ1v) is 6.03. The lowest BCUT2D eigenvalue weighted by molar-refractivity contribution is -0.149. The van der Waals surface area contributed by atoms with Crippen molar-refractivity contribution < 1.29 is 14.6 Å². The van der Waals surface area contributed by atoms with Crippen LogP contribution in [-0.4, -0.2) is 35.2 Å². The number of aliphatic carboxylic acids is 1. The Labute approximate surface area is 108 Å². The molecule has 0 unspecified atom stereocenters. The highest BCUT2D eigenvalue weighted by Gasteiger charge is 2.33. The van der Waals surface area contributed by atoms with Gasteiger partial charge in [-0.3, -0.25) is 9.69 Å². The highest BCUT2D eigenvalue weighted by atomic mass is 16.5. The maximum Gasteiger partial charge on any atom is 0.323 e. The predicted octanol–water partition coefficient (Wildman–Crippen LogP) is 2.38. The molecule has 4 heteroatoms. The zero-order valence-corrected chi connectivity index (χ0v) is 11.4. The first-order valence-electron chi connectivity index (χ1n) is 6.03. The van der Waals surface area contributed by atoms with Crippen molar-refractivity contribution in [3.63, 3.8) is 0 Å². The van der Waals surface area contributed by atoms with Crippen molar-refractivity contribution in [3.8, 4) is 5.75 Å². The van der Waals surface area contributed by atoms with Crippen LogP contribution in [0.5, 0.6) is 5.75 Å². The van der Waals surface area contributed by atoms with E-state index in [-0.39, 0.29) is 0 Å². The monoisotopic (exact) mass is 251 g/mol. The fraction of sp³-hybridized carbons (Fsp3) is 0.500. The largest absolute Gasteiger partial charge is 0.496 e. The summed E-state index contributed by atoms with van der Waals surface area (Å²) in [7, 11) is 1.62. The van der Waals surface area contributed by atoms with E-state index in [1.54, 1.807) is 21.0 Å². The number of benzene rings is 1. The molecule has 4 nitrogen and oxygen atoms in total. The molecule has 0 atom stereocenters. The van der Waals surface area contributed by atoms with E-state index >= 15 is 0 Å². The van der Waals surface area contributed by atoms with Gasteiger partial charge in [-0.15, -0.1) is 0 Å². The molecule has 1 rings (SSSR count). The first kappa shape index (κ1) is 14.5. The van der Waals surface area contributed by atoms with Gasteiger partial charge >= 0.3 is 5.97 Å². The Balaban J connectivity index is 2.96. The Kier molecular flexibility index (Phi) is 4.73. The summed E-state index contributed by atoms with van der Waals surface area (Å²) in [6.45, 7) is 6.61. The summed E-state index contributed by atoms with van der Waals surface area (Å²) >= 11 is 0. The Morgan fingerprint density at radius 2 is 2.00 bits per heavy atom. The Hall–Kier alpha value is -1.55. The van der Waals surface area contributed by atoms with Crippen molar-refractivity contribution >= 4 is 5.97 Å². The smallest absolute Gasteiger partial charge is 0.323 e. The first-order chi connectivity index (χ1) is 8.43. The molecule has 0 aromatic heterocycles. The van der Waals surface area contributed by atoms with Gasteiger partial charge in [0.05, 0.1) is 7.11 Å². The van der Waals surface area contributed by atoms with Crippen LogP contribution in [0.3, 0.4) is 0 Å². The maximum absolute atomic E-state index is 11.3. The van der Waals surface area contributed by atoms with Crippen LogP contribution in [0.15, 0.2) is 24.3 Å². The highest BCUT2D eigenvalue weighted by Crippen LogP contribution is 2.23. The Morgan fingerprint density at radius 1 is 1.39 bits per heavy atom. The fourth-order valence-electron chi connectivity index (χ4n) is 1.88. The molecule has 0 aliphatic heterocycles. The molecule has 18 heavy (non-hydrogen) atoms. The van der Waals surface area contributed by atoms with E-state index < -0.39 is 11.5 Å². The van der Waals surface area contributed by atoms with Crippen molar-refractivity contribution in [1.29, 1.82) is 0 Å². The number of carboxylic acids is 1. The quantitative estimate of drug-likeness (QED) is 0.843. The molecule has 1 aromatic carbocycles. The molecule has 0 bridgehead atoms. The summed E-state index contributed by atoms with van der Waals surface area (Å²) in [5.41, 5.74) is 0.103. The third kappa shape index (κ3) is 3.01. The lowest BCUT2D eigenvalue weighted by atomic mass is 10.0. The van der Waals surface area contributed by atoms with Gasteiger partial charge in [0.2, 0.25) is 0 Å². The van der Waals surface area contributed by atoms with Gasteiger partial charge in [-0.25, -0.2) is 0 Å². The normalized spacial score (nSPS) is 11.6. The van der Waals surface area contributed by atoms with E-state index in [4.69, 9.17) is 4.74 Å². The molecule has 0 amide bonds. The Morgan fingerprint density at radius 3 is 2.50 bits per heavy atom. The second-order valence-corrected chi connectivity index (χ2v) is 4.69. The average Bonchev–Trinajstić information content (AvgIpc) is 2.35. The highest BCUT2D eigenvalue weighted by molar-refractivity contribution is 5.77. The summed E-state index contributed by atoms with van der Waals surface area (Å²) < 4.78 is 5.29. The van der Waals surface area contributed by atoms with Gasteiger partial charge in [-0.1, -0.05) is 25.1 Å². The molecule has 0 spiro atoms. The molecule has 1 aromatic rings. The topological polar surface area (TPSA) is 49.8 Å². The Bertz CT molecular complexity index is 415. The molecule has 0 aliphatic carbocycles. The molecular formula is C14H21NO3. The van der Waals surface area contributed by atoms with E-state index in [9.17, 15) is 9.90 Å². The number of ether oxygens (including phenoxy) is 1. The third-order valence-electron chi connectivity index (χ3n) is 3.25. The molecular weight excluding hydrogens is 230 g/mol. The van der Waals surface area contributed by atoms with Gasteiger partial charge in [0.1, 0.15) is 11.3 Å². The number of carbonyl (C=O) groups is 1. The van der Waals surface area contributed by atoms with Gasteiger partial charge in [-0.2, -0.15) is 0 Å². The number of likely N-dealkylation sites (N-methyl/N-ethyl adjacent to an activating group) is 1. The molecule has 0 heterocycles. The molecule has 0 aliphatic rings. The number of hydrogen-bond acceptors (Lipinski definition) is 3. The number of rotatable bonds is 6. The van der Waals surface area contributed by atoms with Gasteiger partial charge in [0.25, 0.3) is 0 Å². The summed E-state index contributed by atoms with van der Waals surface area (Å²) in [5, 5.41) is 9.27. The molecule has 0 saturated carbocycles. The number of hydrogen-bond donors (Lipinski definition) is 1. The summed E-state index contributed by atoms with van der Waals surface area (Å²) in [6.07, 6.45) is 0. The second-order valence-electron chi connectivity index (χ2n) is 4.69. The summed E-state index contributed by atoms with van der Waals surface area (Å²) in [4.78, 5) is 13.2. The predicted molar refractivity (Wildman–Crippen MR) is 70.8 cm³/mol. The lowest BCUT2D eigenvalue weighted by Crippen LogP contribution is -2.49. The number of para-hydroxylation sites is 1. The van der Waals surface area contributed by atoms with Crippen molar-refractivity contribution in [1.82, 2.24) is 4.90 Å². The van der Waals surface area contributed by atoms with E-state index in [1.807, 2.05) is 36.1 Å².